The molecule has 2 aromatic rings. The molecule has 0 amide bonds. The zero-order valence-electron chi connectivity index (χ0n) is 11.3. The average molecular weight is 288 g/mol. The van der Waals surface area contributed by atoms with Gasteiger partial charge in [-0.05, 0) is 48.2 Å². The van der Waals surface area contributed by atoms with Crippen molar-refractivity contribution >= 4 is 11.6 Å². The lowest BCUT2D eigenvalue weighted by Crippen LogP contribution is -2.15. The van der Waals surface area contributed by atoms with Gasteiger partial charge >= 0.3 is 0 Å². The molecule has 1 aliphatic carbocycles. The summed E-state index contributed by atoms with van der Waals surface area (Å²) in [6.07, 6.45) is 2.65. The quantitative estimate of drug-likeness (QED) is 0.861. The van der Waals surface area contributed by atoms with E-state index >= 15 is 0 Å². The summed E-state index contributed by atoms with van der Waals surface area (Å²) in [6.45, 7) is 1.54. The van der Waals surface area contributed by atoms with Gasteiger partial charge in [-0.2, -0.15) is 0 Å². The highest BCUT2D eigenvalue weighted by Gasteiger charge is 2.19. The molecule has 2 aromatic carbocycles. The molecule has 3 heteroatoms. The lowest BCUT2D eigenvalue weighted by atomic mass is 10.1. The molecule has 2 nitrogen and oxygen atoms in total. The number of hydrogen-bond acceptors (Lipinski definition) is 2. The van der Waals surface area contributed by atoms with Crippen molar-refractivity contribution in [2.45, 2.75) is 32.0 Å². The Morgan fingerprint density at radius 3 is 2.25 bits per heavy atom. The molecule has 1 aliphatic rings. The van der Waals surface area contributed by atoms with E-state index in [0.717, 1.165) is 23.4 Å². The molecular weight excluding hydrogens is 270 g/mol. The van der Waals surface area contributed by atoms with E-state index in [1.165, 1.54) is 24.0 Å². The smallest absolute Gasteiger partial charge is 0.119 e. The summed E-state index contributed by atoms with van der Waals surface area (Å²) in [5.41, 5.74) is 2.50. The Labute approximate surface area is 124 Å². The van der Waals surface area contributed by atoms with E-state index in [-0.39, 0.29) is 0 Å². The fourth-order valence-electron chi connectivity index (χ4n) is 2.00. The lowest BCUT2D eigenvalue weighted by Gasteiger charge is -2.08. The van der Waals surface area contributed by atoms with E-state index in [1.54, 1.807) is 0 Å². The van der Waals surface area contributed by atoms with E-state index in [4.69, 9.17) is 16.3 Å². The topological polar surface area (TPSA) is 21.3 Å². The minimum absolute atomic E-state index is 0.581. The van der Waals surface area contributed by atoms with Gasteiger partial charge in [0.25, 0.3) is 0 Å². The first-order chi connectivity index (χ1) is 9.79. The number of ether oxygens (including phenoxy) is 1. The number of rotatable bonds is 6. The van der Waals surface area contributed by atoms with E-state index in [9.17, 15) is 0 Å². The van der Waals surface area contributed by atoms with Gasteiger partial charge in [0, 0.05) is 17.6 Å². The molecule has 1 N–H and O–H groups in total. The highest BCUT2D eigenvalue weighted by atomic mass is 35.5. The molecule has 1 fully saturated rings. The largest absolute Gasteiger partial charge is 0.489 e. The zero-order valence-corrected chi connectivity index (χ0v) is 12.1. The van der Waals surface area contributed by atoms with Crippen LogP contribution >= 0.6 is 11.6 Å². The first kappa shape index (κ1) is 13.5. The maximum absolute atomic E-state index is 5.84. The van der Waals surface area contributed by atoms with Gasteiger partial charge in [0.05, 0.1) is 0 Å². The summed E-state index contributed by atoms with van der Waals surface area (Å²) >= 11 is 5.84. The molecule has 0 saturated heterocycles. The lowest BCUT2D eigenvalue weighted by molar-refractivity contribution is 0.306. The zero-order chi connectivity index (χ0) is 13.8. The van der Waals surface area contributed by atoms with Crippen molar-refractivity contribution in [2.24, 2.45) is 0 Å². The Hall–Kier alpha value is -1.51. The number of nitrogens with one attached hydrogen (secondary N) is 1. The Morgan fingerprint density at radius 1 is 0.950 bits per heavy atom. The van der Waals surface area contributed by atoms with E-state index in [1.807, 2.05) is 24.3 Å². The predicted molar refractivity (Wildman–Crippen MR) is 82.1 cm³/mol. The van der Waals surface area contributed by atoms with Gasteiger partial charge in [-0.15, -0.1) is 0 Å². The van der Waals surface area contributed by atoms with Crippen molar-refractivity contribution in [3.8, 4) is 5.75 Å². The van der Waals surface area contributed by atoms with Gasteiger partial charge < -0.3 is 10.1 Å². The third kappa shape index (κ3) is 3.99. The standard InChI is InChI=1S/C17H18ClNO/c18-15-5-9-17(10-6-15)20-12-14-3-1-13(2-4-14)11-19-16-7-8-16/h1-6,9-10,16,19H,7-8,11-12H2. The highest BCUT2D eigenvalue weighted by molar-refractivity contribution is 6.30. The first-order valence-corrected chi connectivity index (χ1v) is 7.37. The number of halogens is 1. The Morgan fingerprint density at radius 2 is 1.60 bits per heavy atom. The Balaban J connectivity index is 1.50. The molecule has 3 rings (SSSR count). The first-order valence-electron chi connectivity index (χ1n) is 6.99. The van der Waals surface area contributed by atoms with Crippen LogP contribution in [0.15, 0.2) is 48.5 Å². The summed E-state index contributed by atoms with van der Waals surface area (Å²) in [5, 5.41) is 4.24. The van der Waals surface area contributed by atoms with Crippen molar-refractivity contribution in [1.82, 2.24) is 5.32 Å². The van der Waals surface area contributed by atoms with Crippen LogP contribution < -0.4 is 10.1 Å². The van der Waals surface area contributed by atoms with Gasteiger partial charge in [0.1, 0.15) is 12.4 Å². The Bertz CT molecular complexity index is 546. The molecule has 0 spiro atoms. The molecular formula is C17H18ClNO. The third-order valence-electron chi connectivity index (χ3n) is 3.41. The second-order valence-corrected chi connectivity index (χ2v) is 5.65. The van der Waals surface area contributed by atoms with E-state index < -0.39 is 0 Å². The normalized spacial score (nSPS) is 14.2. The van der Waals surface area contributed by atoms with Crippen LogP contribution in [0.5, 0.6) is 5.75 Å². The highest BCUT2D eigenvalue weighted by Crippen LogP contribution is 2.20. The van der Waals surface area contributed by atoms with Crippen LogP contribution in [0.25, 0.3) is 0 Å². The summed E-state index contributed by atoms with van der Waals surface area (Å²) < 4.78 is 5.72. The van der Waals surface area contributed by atoms with Gasteiger partial charge in [-0.3, -0.25) is 0 Å². The molecule has 0 unspecified atom stereocenters. The van der Waals surface area contributed by atoms with Crippen molar-refractivity contribution in [1.29, 1.82) is 0 Å². The number of benzene rings is 2. The molecule has 20 heavy (non-hydrogen) atoms. The van der Waals surface area contributed by atoms with Gasteiger partial charge in [0.15, 0.2) is 0 Å². The molecule has 104 valence electrons. The van der Waals surface area contributed by atoms with Crippen molar-refractivity contribution in [2.75, 3.05) is 0 Å². The van der Waals surface area contributed by atoms with Crippen molar-refractivity contribution in [3.05, 3.63) is 64.7 Å². The van der Waals surface area contributed by atoms with Crippen LogP contribution in [0.4, 0.5) is 0 Å². The minimum Gasteiger partial charge on any atom is -0.489 e. The fraction of sp³-hybridized carbons (Fsp3) is 0.294. The molecule has 0 bridgehead atoms. The monoisotopic (exact) mass is 287 g/mol. The maximum Gasteiger partial charge on any atom is 0.119 e. The second kappa shape index (κ2) is 6.29. The molecule has 0 aliphatic heterocycles. The third-order valence-corrected chi connectivity index (χ3v) is 3.67. The molecule has 1 saturated carbocycles. The summed E-state index contributed by atoms with van der Waals surface area (Å²) in [4.78, 5) is 0. The SMILES string of the molecule is Clc1ccc(OCc2ccc(CNC3CC3)cc2)cc1. The predicted octanol–water partition coefficient (Wildman–Crippen LogP) is 4.17. The van der Waals surface area contributed by atoms with Crippen LogP contribution in [0.2, 0.25) is 5.02 Å². The van der Waals surface area contributed by atoms with E-state index in [0.29, 0.717) is 6.61 Å². The van der Waals surface area contributed by atoms with Crippen LogP contribution in [0, 0.1) is 0 Å². The summed E-state index contributed by atoms with van der Waals surface area (Å²) in [5.74, 6) is 0.842. The van der Waals surface area contributed by atoms with Gasteiger partial charge in [0.2, 0.25) is 0 Å². The van der Waals surface area contributed by atoms with Crippen LogP contribution in [-0.2, 0) is 13.2 Å². The molecule has 0 atom stereocenters. The van der Waals surface area contributed by atoms with Gasteiger partial charge in [-0.1, -0.05) is 35.9 Å². The average Bonchev–Trinajstić information content (AvgIpc) is 3.30. The molecule has 0 aromatic heterocycles. The van der Waals surface area contributed by atoms with Crippen LogP contribution in [0.3, 0.4) is 0 Å². The second-order valence-electron chi connectivity index (χ2n) is 5.21. The summed E-state index contributed by atoms with van der Waals surface area (Å²) in [7, 11) is 0. The van der Waals surface area contributed by atoms with Crippen LogP contribution in [-0.4, -0.2) is 6.04 Å². The molecule has 0 heterocycles. The van der Waals surface area contributed by atoms with E-state index in [2.05, 4.69) is 29.6 Å². The maximum atomic E-state index is 5.84. The molecule has 0 radical (unpaired) electrons. The minimum atomic E-state index is 0.581. The van der Waals surface area contributed by atoms with Crippen molar-refractivity contribution < 1.29 is 4.74 Å². The van der Waals surface area contributed by atoms with Crippen molar-refractivity contribution in [3.63, 3.8) is 0 Å². The summed E-state index contributed by atoms with van der Waals surface area (Å²) in [6, 6.07) is 16.8. The Kier molecular flexibility index (Phi) is 4.24. The fourth-order valence-corrected chi connectivity index (χ4v) is 2.13. The van der Waals surface area contributed by atoms with Gasteiger partial charge in [-0.25, -0.2) is 0 Å². The number of hydrogen-bond donors (Lipinski definition) is 1. The van der Waals surface area contributed by atoms with Crippen LogP contribution in [0.1, 0.15) is 24.0 Å².